The highest BCUT2D eigenvalue weighted by Gasteiger charge is 1.99. The first-order valence-corrected chi connectivity index (χ1v) is 7.06. The summed E-state index contributed by atoms with van der Waals surface area (Å²) in [6.07, 6.45) is 3.83. The standard InChI is InChI=1S/C17H19FN2O/c1-2-3-12-21-17-7-5-4-6-14(17)13-19-20-16-10-8-15(18)9-11-16/h4-11,13,20H,2-3,12H2,1H3. The van der Waals surface area contributed by atoms with E-state index in [2.05, 4.69) is 17.5 Å². The van der Waals surface area contributed by atoms with Crippen molar-refractivity contribution in [3.05, 3.63) is 59.9 Å². The van der Waals surface area contributed by atoms with Gasteiger partial charge in [-0.15, -0.1) is 0 Å². The van der Waals surface area contributed by atoms with E-state index in [4.69, 9.17) is 4.74 Å². The highest BCUT2D eigenvalue weighted by molar-refractivity contribution is 5.83. The third-order valence-corrected chi connectivity index (χ3v) is 2.92. The molecule has 3 nitrogen and oxygen atoms in total. The molecule has 0 radical (unpaired) electrons. The highest BCUT2D eigenvalue weighted by atomic mass is 19.1. The molecule has 0 aromatic heterocycles. The lowest BCUT2D eigenvalue weighted by atomic mass is 10.2. The van der Waals surface area contributed by atoms with E-state index in [0.717, 1.165) is 29.8 Å². The van der Waals surface area contributed by atoms with Crippen molar-refractivity contribution < 1.29 is 9.13 Å². The van der Waals surface area contributed by atoms with Crippen molar-refractivity contribution in [1.82, 2.24) is 0 Å². The van der Waals surface area contributed by atoms with Crippen molar-refractivity contribution in [2.75, 3.05) is 12.0 Å². The summed E-state index contributed by atoms with van der Waals surface area (Å²) in [7, 11) is 0. The monoisotopic (exact) mass is 286 g/mol. The fraction of sp³-hybridized carbons (Fsp3) is 0.235. The first-order valence-electron chi connectivity index (χ1n) is 7.06. The summed E-state index contributed by atoms with van der Waals surface area (Å²) in [5.74, 6) is 0.551. The maximum atomic E-state index is 12.8. The van der Waals surface area contributed by atoms with Crippen LogP contribution in [0.15, 0.2) is 53.6 Å². The van der Waals surface area contributed by atoms with Crippen LogP contribution in [0.4, 0.5) is 10.1 Å². The molecule has 0 aliphatic carbocycles. The molecule has 0 aliphatic rings. The Hall–Kier alpha value is -2.36. The summed E-state index contributed by atoms with van der Waals surface area (Å²) in [4.78, 5) is 0. The van der Waals surface area contributed by atoms with Crippen LogP contribution in [0, 0.1) is 5.82 Å². The zero-order valence-electron chi connectivity index (χ0n) is 12.1. The molecular formula is C17H19FN2O. The number of hydrogen-bond donors (Lipinski definition) is 1. The molecule has 0 saturated carbocycles. The third kappa shape index (κ3) is 4.91. The quantitative estimate of drug-likeness (QED) is 0.463. The van der Waals surface area contributed by atoms with E-state index in [1.54, 1.807) is 18.3 Å². The van der Waals surface area contributed by atoms with Crippen LogP contribution in [0.25, 0.3) is 0 Å². The lowest BCUT2D eigenvalue weighted by molar-refractivity contribution is 0.309. The summed E-state index contributed by atoms with van der Waals surface area (Å²) in [5, 5.41) is 4.15. The van der Waals surface area contributed by atoms with Crippen molar-refractivity contribution >= 4 is 11.9 Å². The molecule has 0 bridgehead atoms. The number of nitrogens with zero attached hydrogens (tertiary/aromatic N) is 1. The van der Waals surface area contributed by atoms with Crippen LogP contribution < -0.4 is 10.2 Å². The SMILES string of the molecule is CCCCOc1ccccc1C=NNc1ccc(F)cc1. The molecule has 0 amide bonds. The average molecular weight is 286 g/mol. The van der Waals surface area contributed by atoms with E-state index in [1.807, 2.05) is 24.3 Å². The predicted molar refractivity (Wildman–Crippen MR) is 84.5 cm³/mol. The van der Waals surface area contributed by atoms with Gasteiger partial charge in [0.05, 0.1) is 18.5 Å². The van der Waals surface area contributed by atoms with Crippen LogP contribution >= 0.6 is 0 Å². The maximum absolute atomic E-state index is 12.8. The summed E-state index contributed by atoms with van der Waals surface area (Å²) < 4.78 is 18.5. The minimum Gasteiger partial charge on any atom is -0.493 e. The van der Waals surface area contributed by atoms with Gasteiger partial charge in [0.2, 0.25) is 0 Å². The first-order chi connectivity index (χ1) is 10.3. The molecule has 0 unspecified atom stereocenters. The summed E-state index contributed by atoms with van der Waals surface area (Å²) in [5.41, 5.74) is 4.50. The molecule has 4 heteroatoms. The fourth-order valence-corrected chi connectivity index (χ4v) is 1.75. The molecule has 110 valence electrons. The van der Waals surface area contributed by atoms with Crippen molar-refractivity contribution in [2.45, 2.75) is 19.8 Å². The zero-order chi connectivity index (χ0) is 14.9. The Balaban J connectivity index is 1.98. The fourth-order valence-electron chi connectivity index (χ4n) is 1.75. The molecule has 2 aromatic carbocycles. The average Bonchev–Trinajstić information content (AvgIpc) is 2.51. The third-order valence-electron chi connectivity index (χ3n) is 2.92. The first kappa shape index (κ1) is 15.0. The Bertz CT molecular complexity index is 582. The van der Waals surface area contributed by atoms with Gasteiger partial charge >= 0.3 is 0 Å². The number of halogens is 1. The Kier molecular flexibility index (Phi) is 5.76. The van der Waals surface area contributed by atoms with Crippen molar-refractivity contribution in [3.63, 3.8) is 0 Å². The number of hydrogen-bond acceptors (Lipinski definition) is 3. The van der Waals surface area contributed by atoms with Gasteiger partial charge in [0, 0.05) is 5.56 Å². The van der Waals surface area contributed by atoms with Gasteiger partial charge in [-0.05, 0) is 42.8 Å². The minimum atomic E-state index is -0.265. The highest BCUT2D eigenvalue weighted by Crippen LogP contribution is 2.16. The van der Waals surface area contributed by atoms with E-state index in [1.165, 1.54) is 12.1 Å². The number of hydrazone groups is 1. The van der Waals surface area contributed by atoms with E-state index in [9.17, 15) is 4.39 Å². The van der Waals surface area contributed by atoms with Gasteiger partial charge in [0.15, 0.2) is 0 Å². The topological polar surface area (TPSA) is 33.6 Å². The Labute approximate surface area is 124 Å². The van der Waals surface area contributed by atoms with Gasteiger partial charge in [0.25, 0.3) is 0 Å². The van der Waals surface area contributed by atoms with Crippen LogP contribution in [-0.4, -0.2) is 12.8 Å². The summed E-state index contributed by atoms with van der Waals surface area (Å²) in [6.45, 7) is 2.83. The number of para-hydroxylation sites is 1. The molecule has 2 aromatic rings. The summed E-state index contributed by atoms with van der Waals surface area (Å²) >= 11 is 0. The number of unbranched alkanes of at least 4 members (excludes halogenated alkanes) is 1. The van der Waals surface area contributed by atoms with Gasteiger partial charge in [-0.25, -0.2) is 4.39 Å². The van der Waals surface area contributed by atoms with Crippen LogP contribution in [0.3, 0.4) is 0 Å². The van der Waals surface area contributed by atoms with Crippen LogP contribution in [0.2, 0.25) is 0 Å². The van der Waals surface area contributed by atoms with E-state index < -0.39 is 0 Å². The number of rotatable bonds is 7. The van der Waals surface area contributed by atoms with Crippen molar-refractivity contribution in [2.24, 2.45) is 5.10 Å². The van der Waals surface area contributed by atoms with Gasteiger partial charge < -0.3 is 4.74 Å². The minimum absolute atomic E-state index is 0.265. The largest absolute Gasteiger partial charge is 0.493 e. The van der Waals surface area contributed by atoms with E-state index >= 15 is 0 Å². The van der Waals surface area contributed by atoms with Crippen LogP contribution in [0.5, 0.6) is 5.75 Å². The number of ether oxygens (including phenoxy) is 1. The van der Waals surface area contributed by atoms with E-state index in [-0.39, 0.29) is 5.82 Å². The molecule has 0 aliphatic heterocycles. The van der Waals surface area contributed by atoms with Crippen LogP contribution in [0.1, 0.15) is 25.3 Å². The molecule has 0 spiro atoms. The smallest absolute Gasteiger partial charge is 0.128 e. The van der Waals surface area contributed by atoms with Gasteiger partial charge in [-0.3, -0.25) is 5.43 Å². The molecule has 0 atom stereocenters. The lowest BCUT2D eigenvalue weighted by Crippen LogP contribution is -2.00. The second kappa shape index (κ2) is 8.04. The predicted octanol–water partition coefficient (Wildman–Crippen LogP) is 4.45. The maximum Gasteiger partial charge on any atom is 0.128 e. The second-order valence-corrected chi connectivity index (χ2v) is 4.62. The van der Waals surface area contributed by atoms with Gasteiger partial charge in [-0.2, -0.15) is 5.10 Å². The normalized spacial score (nSPS) is 10.8. The zero-order valence-corrected chi connectivity index (χ0v) is 12.1. The molecular weight excluding hydrogens is 267 g/mol. The van der Waals surface area contributed by atoms with Crippen molar-refractivity contribution in [1.29, 1.82) is 0 Å². The molecule has 1 N–H and O–H groups in total. The lowest BCUT2D eigenvalue weighted by Gasteiger charge is -2.08. The van der Waals surface area contributed by atoms with Crippen LogP contribution in [-0.2, 0) is 0 Å². The molecule has 0 saturated heterocycles. The van der Waals surface area contributed by atoms with Gasteiger partial charge in [0.1, 0.15) is 11.6 Å². The number of anilines is 1. The molecule has 0 heterocycles. The molecule has 2 rings (SSSR count). The second-order valence-electron chi connectivity index (χ2n) is 4.62. The Morgan fingerprint density at radius 3 is 2.67 bits per heavy atom. The number of benzene rings is 2. The molecule has 0 fully saturated rings. The molecule has 21 heavy (non-hydrogen) atoms. The number of nitrogens with one attached hydrogen (secondary N) is 1. The van der Waals surface area contributed by atoms with E-state index in [0.29, 0.717) is 6.61 Å². The Morgan fingerprint density at radius 1 is 1.14 bits per heavy atom. The van der Waals surface area contributed by atoms with Gasteiger partial charge in [-0.1, -0.05) is 25.5 Å². The summed E-state index contributed by atoms with van der Waals surface area (Å²) in [6, 6.07) is 13.8. The Morgan fingerprint density at radius 2 is 1.90 bits per heavy atom. The van der Waals surface area contributed by atoms with Crippen molar-refractivity contribution in [3.8, 4) is 5.75 Å².